The molecule has 6 aromatic carbocycles. The molecule has 0 fully saturated rings. The van der Waals surface area contributed by atoms with Gasteiger partial charge in [-0.05, 0) is 83.8 Å². The largest absolute Gasteiger partial charge is 0.495 e. The van der Waals surface area contributed by atoms with Gasteiger partial charge in [0.1, 0.15) is 29.1 Å². The van der Waals surface area contributed by atoms with E-state index in [0.29, 0.717) is 45.6 Å². The molecular weight excluding hydrogens is 730 g/mol. The molecule has 1 unspecified atom stereocenters. The van der Waals surface area contributed by atoms with Crippen molar-refractivity contribution < 1.29 is 23.9 Å². The van der Waals surface area contributed by atoms with Crippen LogP contribution in [0.5, 0.6) is 11.5 Å². The molecule has 0 saturated carbocycles. The molecule has 0 aliphatic rings. The van der Waals surface area contributed by atoms with Crippen LogP contribution in [0.1, 0.15) is 37.9 Å². The summed E-state index contributed by atoms with van der Waals surface area (Å²) >= 11 is 7.64. The van der Waals surface area contributed by atoms with E-state index in [2.05, 4.69) is 16.0 Å². The monoisotopic (exact) mass is 767 g/mol. The van der Waals surface area contributed by atoms with Crippen molar-refractivity contribution in [2.75, 3.05) is 17.7 Å². The quantitative estimate of drug-likeness (QED) is 0.0753. The van der Waals surface area contributed by atoms with Crippen LogP contribution >= 0.6 is 23.4 Å². The Bertz CT molecular complexity index is 2290. The normalized spacial score (nSPS) is 11.6. The van der Waals surface area contributed by atoms with Crippen LogP contribution in [-0.2, 0) is 16.2 Å². The van der Waals surface area contributed by atoms with Gasteiger partial charge in [0.05, 0.1) is 12.8 Å². The SMILES string of the molecule is COc1cc(Cl)c(C)cc1NC(=O)C(Sc1cccc(NC(=O)/C(=C\c2ccc(OCc3ccccc3)cc2)NC(=O)c2ccccc2)c1)c1ccccc1. The van der Waals surface area contributed by atoms with E-state index in [-0.39, 0.29) is 11.6 Å². The zero-order valence-electron chi connectivity index (χ0n) is 30.1. The lowest BCUT2D eigenvalue weighted by Gasteiger charge is -2.19. The van der Waals surface area contributed by atoms with E-state index in [0.717, 1.165) is 21.6 Å². The number of anilines is 2. The molecule has 1 atom stereocenters. The van der Waals surface area contributed by atoms with Crippen molar-refractivity contribution in [3.63, 3.8) is 0 Å². The van der Waals surface area contributed by atoms with Crippen LogP contribution in [-0.4, -0.2) is 24.8 Å². The fourth-order valence-electron chi connectivity index (χ4n) is 5.52. The molecule has 3 N–H and O–H groups in total. The number of aryl methyl sites for hydroxylation is 1. The van der Waals surface area contributed by atoms with E-state index < -0.39 is 17.1 Å². The summed E-state index contributed by atoms with van der Waals surface area (Å²) in [5.41, 5.74) is 4.73. The van der Waals surface area contributed by atoms with Crippen molar-refractivity contribution in [2.24, 2.45) is 0 Å². The molecule has 0 heterocycles. The summed E-state index contributed by atoms with van der Waals surface area (Å²) in [6.07, 6.45) is 1.61. The van der Waals surface area contributed by atoms with Crippen molar-refractivity contribution in [3.05, 3.63) is 190 Å². The Morgan fingerprint density at radius 1 is 0.764 bits per heavy atom. The summed E-state index contributed by atoms with van der Waals surface area (Å²) in [7, 11) is 1.52. The van der Waals surface area contributed by atoms with Crippen LogP contribution in [0, 0.1) is 6.92 Å². The van der Waals surface area contributed by atoms with E-state index in [9.17, 15) is 14.4 Å². The number of carbonyl (C=O) groups is 3. The number of nitrogens with one attached hydrogen (secondary N) is 3. The molecule has 0 aliphatic carbocycles. The molecular formula is C45H38ClN3O5S. The number of benzene rings is 6. The van der Waals surface area contributed by atoms with Crippen LogP contribution in [0.4, 0.5) is 11.4 Å². The van der Waals surface area contributed by atoms with Gasteiger partial charge in [0.2, 0.25) is 5.91 Å². The molecule has 3 amide bonds. The van der Waals surface area contributed by atoms with Gasteiger partial charge < -0.3 is 25.4 Å². The minimum absolute atomic E-state index is 0.0404. The van der Waals surface area contributed by atoms with Crippen molar-refractivity contribution in [1.82, 2.24) is 5.32 Å². The number of halogens is 1. The third kappa shape index (κ3) is 10.7. The summed E-state index contributed by atoms with van der Waals surface area (Å²) in [6, 6.07) is 45.9. The van der Waals surface area contributed by atoms with E-state index in [1.54, 1.807) is 60.7 Å². The van der Waals surface area contributed by atoms with E-state index in [4.69, 9.17) is 21.1 Å². The Kier molecular flexibility index (Phi) is 13.0. The Morgan fingerprint density at radius 3 is 2.13 bits per heavy atom. The van der Waals surface area contributed by atoms with Crippen LogP contribution in [0.15, 0.2) is 162 Å². The number of amides is 3. The first-order valence-electron chi connectivity index (χ1n) is 17.4. The molecule has 276 valence electrons. The molecule has 0 bridgehead atoms. The van der Waals surface area contributed by atoms with E-state index >= 15 is 0 Å². The lowest BCUT2D eigenvalue weighted by Crippen LogP contribution is -2.30. The van der Waals surface area contributed by atoms with Gasteiger partial charge in [-0.2, -0.15) is 0 Å². The summed E-state index contributed by atoms with van der Waals surface area (Å²) in [6.45, 7) is 2.27. The molecule has 6 aromatic rings. The number of thioether (sulfide) groups is 1. The molecule has 55 heavy (non-hydrogen) atoms. The highest BCUT2D eigenvalue weighted by Crippen LogP contribution is 2.39. The van der Waals surface area contributed by atoms with Gasteiger partial charge in [0.15, 0.2) is 0 Å². The Morgan fingerprint density at radius 2 is 1.44 bits per heavy atom. The molecule has 0 aliphatic heterocycles. The Hall–Kier alpha value is -6.29. The maximum Gasteiger partial charge on any atom is 0.272 e. The Balaban J connectivity index is 1.22. The van der Waals surface area contributed by atoms with Gasteiger partial charge in [-0.25, -0.2) is 0 Å². The maximum atomic E-state index is 13.9. The second-order valence-electron chi connectivity index (χ2n) is 12.4. The standard InChI is InChI=1S/C45H38ClN3O5S/c1-30-25-39(41(53-2)28-38(30)46)48-45(52)42(33-15-8-4-9-16-33)55-37-20-12-19-35(27-37)47-44(51)40(49-43(50)34-17-10-5-11-18-34)26-31-21-23-36(24-22-31)54-29-32-13-6-3-7-14-32/h3-28,42H,29H2,1-2H3,(H,47,51)(H,48,52)(H,49,50)/b40-26+. The highest BCUT2D eigenvalue weighted by Gasteiger charge is 2.24. The molecule has 0 spiro atoms. The number of hydrogen-bond donors (Lipinski definition) is 3. The minimum Gasteiger partial charge on any atom is -0.495 e. The highest BCUT2D eigenvalue weighted by molar-refractivity contribution is 8.00. The number of hydrogen-bond acceptors (Lipinski definition) is 6. The summed E-state index contributed by atoms with van der Waals surface area (Å²) in [5.74, 6) is -0.117. The zero-order chi connectivity index (χ0) is 38.6. The number of carbonyl (C=O) groups excluding carboxylic acids is 3. The summed E-state index contributed by atoms with van der Waals surface area (Å²) in [5, 5.41) is 8.60. The van der Waals surface area contributed by atoms with Crippen LogP contribution in [0.25, 0.3) is 6.08 Å². The summed E-state index contributed by atoms with van der Waals surface area (Å²) in [4.78, 5) is 41.8. The first-order chi connectivity index (χ1) is 26.7. The molecule has 0 saturated heterocycles. The molecule has 0 aromatic heterocycles. The minimum atomic E-state index is -0.659. The van der Waals surface area contributed by atoms with Gasteiger partial charge in [0, 0.05) is 27.2 Å². The third-order valence-electron chi connectivity index (χ3n) is 8.39. The van der Waals surface area contributed by atoms with Gasteiger partial charge in [0.25, 0.3) is 11.8 Å². The van der Waals surface area contributed by atoms with Crippen LogP contribution < -0.4 is 25.4 Å². The second-order valence-corrected chi connectivity index (χ2v) is 14.0. The predicted octanol–water partition coefficient (Wildman–Crippen LogP) is 10.1. The second kappa shape index (κ2) is 18.6. The topological polar surface area (TPSA) is 106 Å². The van der Waals surface area contributed by atoms with Crippen molar-refractivity contribution in [3.8, 4) is 11.5 Å². The average Bonchev–Trinajstić information content (AvgIpc) is 3.21. The summed E-state index contributed by atoms with van der Waals surface area (Å²) < 4.78 is 11.4. The predicted molar refractivity (Wildman–Crippen MR) is 221 cm³/mol. The van der Waals surface area contributed by atoms with Crippen molar-refractivity contribution >= 4 is 58.5 Å². The first-order valence-corrected chi connectivity index (χ1v) is 18.6. The smallest absolute Gasteiger partial charge is 0.272 e. The van der Waals surface area contributed by atoms with Gasteiger partial charge >= 0.3 is 0 Å². The lowest BCUT2D eigenvalue weighted by atomic mass is 10.1. The zero-order valence-corrected chi connectivity index (χ0v) is 31.7. The highest BCUT2D eigenvalue weighted by atomic mass is 35.5. The third-order valence-corrected chi connectivity index (χ3v) is 10.0. The van der Waals surface area contributed by atoms with Gasteiger partial charge in [-0.3, -0.25) is 14.4 Å². The van der Waals surface area contributed by atoms with Crippen LogP contribution in [0.3, 0.4) is 0 Å². The molecule has 6 rings (SSSR count). The average molecular weight is 768 g/mol. The molecule has 10 heteroatoms. The van der Waals surface area contributed by atoms with Gasteiger partial charge in [-0.15, -0.1) is 11.8 Å². The van der Waals surface area contributed by atoms with E-state index in [1.165, 1.54) is 18.9 Å². The lowest BCUT2D eigenvalue weighted by molar-refractivity contribution is -0.116. The number of methoxy groups -OCH3 is 1. The fourth-order valence-corrected chi connectivity index (χ4v) is 6.76. The Labute approximate surface area is 329 Å². The number of rotatable bonds is 14. The molecule has 8 nitrogen and oxygen atoms in total. The van der Waals surface area contributed by atoms with Crippen molar-refractivity contribution in [2.45, 2.75) is 23.7 Å². The molecule has 0 radical (unpaired) electrons. The number of ether oxygens (including phenoxy) is 2. The van der Waals surface area contributed by atoms with Gasteiger partial charge in [-0.1, -0.05) is 109 Å². The van der Waals surface area contributed by atoms with E-state index in [1.807, 2.05) is 104 Å². The van der Waals surface area contributed by atoms with Crippen molar-refractivity contribution in [1.29, 1.82) is 0 Å². The maximum absolute atomic E-state index is 13.9. The van der Waals surface area contributed by atoms with Crippen LogP contribution in [0.2, 0.25) is 5.02 Å². The first kappa shape index (κ1) is 38.4. The fraction of sp³-hybridized carbons (Fsp3) is 0.0889.